The van der Waals surface area contributed by atoms with Gasteiger partial charge in [-0.3, -0.25) is 14.5 Å². The minimum atomic E-state index is -0.705. The third-order valence-electron chi connectivity index (χ3n) is 4.78. The van der Waals surface area contributed by atoms with Crippen molar-refractivity contribution in [2.45, 2.75) is 32.5 Å². The van der Waals surface area contributed by atoms with Crippen molar-refractivity contribution in [2.24, 2.45) is 0 Å². The van der Waals surface area contributed by atoms with Crippen molar-refractivity contribution in [1.82, 2.24) is 15.2 Å². The monoisotopic (exact) mass is 410 g/mol. The normalized spacial score (nSPS) is 14.8. The number of amides is 2. The number of nitrogens with zero attached hydrogens (tertiary/aromatic N) is 2. The Morgan fingerprint density at radius 1 is 1.24 bits per heavy atom. The Labute approximate surface area is 172 Å². The zero-order chi connectivity index (χ0) is 20.2. The van der Waals surface area contributed by atoms with E-state index in [2.05, 4.69) is 44.8 Å². The van der Waals surface area contributed by atoms with E-state index in [0.717, 1.165) is 31.7 Å². The summed E-state index contributed by atoms with van der Waals surface area (Å²) in [6.45, 7) is 4.29. The summed E-state index contributed by atoms with van der Waals surface area (Å²) < 4.78 is 5.04. The maximum atomic E-state index is 12.4. The smallest absolute Gasteiger partial charge is 0.287 e. The van der Waals surface area contributed by atoms with Crippen LogP contribution in [0.15, 0.2) is 53.1 Å². The van der Waals surface area contributed by atoms with Gasteiger partial charge in [0.1, 0.15) is 6.04 Å². The van der Waals surface area contributed by atoms with E-state index in [4.69, 9.17) is 4.42 Å². The van der Waals surface area contributed by atoms with Crippen LogP contribution >= 0.6 is 11.3 Å². The van der Waals surface area contributed by atoms with E-state index in [1.165, 1.54) is 28.0 Å². The first kappa shape index (κ1) is 19.4. The lowest BCUT2D eigenvalue weighted by atomic mass is 10.1. The number of aromatic nitrogens is 1. The topological polar surface area (TPSA) is 87.5 Å². The van der Waals surface area contributed by atoms with Crippen LogP contribution in [0.4, 0.5) is 5.13 Å². The molecule has 7 nitrogen and oxygen atoms in total. The molecule has 0 radical (unpaired) electrons. The lowest BCUT2D eigenvalue weighted by Gasteiger charge is -2.25. The standard InChI is InChI=1S/C21H22N4O3S/c1-14(22-20(27)17-8-5-11-28-17)19(26)24-21-23-16-9-10-25(13-18(16)29-21)12-15-6-3-2-4-7-15/h2-8,11,14H,9-10,12-13H2,1H3,(H,22,27)(H,23,24,26)/t14-/m1/s1. The fraction of sp³-hybridized carbons (Fsp3) is 0.286. The van der Waals surface area contributed by atoms with Crippen molar-refractivity contribution in [2.75, 3.05) is 11.9 Å². The van der Waals surface area contributed by atoms with E-state index in [-0.39, 0.29) is 11.7 Å². The Bertz CT molecular complexity index is 985. The molecule has 2 amide bonds. The Hall–Kier alpha value is -2.97. The Morgan fingerprint density at radius 2 is 2.07 bits per heavy atom. The van der Waals surface area contributed by atoms with Gasteiger partial charge in [0.25, 0.3) is 5.91 Å². The van der Waals surface area contributed by atoms with Crippen LogP contribution in [0.25, 0.3) is 0 Å². The molecule has 0 aliphatic carbocycles. The number of benzene rings is 1. The van der Waals surface area contributed by atoms with E-state index in [1.54, 1.807) is 19.1 Å². The molecule has 0 saturated carbocycles. The molecule has 1 aromatic carbocycles. The van der Waals surface area contributed by atoms with Gasteiger partial charge < -0.3 is 15.1 Å². The highest BCUT2D eigenvalue weighted by Crippen LogP contribution is 2.29. The molecular formula is C21H22N4O3S. The van der Waals surface area contributed by atoms with Crippen LogP contribution in [-0.4, -0.2) is 34.3 Å². The summed E-state index contributed by atoms with van der Waals surface area (Å²) in [7, 11) is 0. The van der Waals surface area contributed by atoms with Crippen molar-refractivity contribution in [1.29, 1.82) is 0 Å². The van der Waals surface area contributed by atoms with Crippen LogP contribution in [0.3, 0.4) is 0 Å². The number of furan rings is 1. The molecule has 0 fully saturated rings. The summed E-state index contributed by atoms with van der Waals surface area (Å²) in [6.07, 6.45) is 2.28. The van der Waals surface area contributed by atoms with E-state index < -0.39 is 11.9 Å². The maximum absolute atomic E-state index is 12.4. The van der Waals surface area contributed by atoms with Crippen molar-refractivity contribution < 1.29 is 14.0 Å². The van der Waals surface area contributed by atoms with Gasteiger partial charge in [0.05, 0.1) is 12.0 Å². The second-order valence-electron chi connectivity index (χ2n) is 7.00. The van der Waals surface area contributed by atoms with Crippen molar-refractivity contribution in [3.05, 3.63) is 70.6 Å². The molecule has 0 unspecified atom stereocenters. The first-order valence-electron chi connectivity index (χ1n) is 9.48. The van der Waals surface area contributed by atoms with Crippen LogP contribution in [0.5, 0.6) is 0 Å². The number of anilines is 1. The van der Waals surface area contributed by atoms with Gasteiger partial charge in [-0.15, -0.1) is 11.3 Å². The van der Waals surface area contributed by atoms with Gasteiger partial charge in [0, 0.05) is 30.9 Å². The molecule has 1 aliphatic rings. The average Bonchev–Trinajstić information content (AvgIpc) is 3.38. The minimum absolute atomic E-state index is 0.174. The summed E-state index contributed by atoms with van der Waals surface area (Å²) in [5, 5.41) is 6.01. The second-order valence-corrected chi connectivity index (χ2v) is 8.08. The molecule has 8 heteroatoms. The number of hydrogen-bond donors (Lipinski definition) is 2. The Kier molecular flexibility index (Phi) is 5.73. The number of hydrogen-bond acceptors (Lipinski definition) is 6. The van der Waals surface area contributed by atoms with Gasteiger partial charge in [-0.25, -0.2) is 4.98 Å². The van der Waals surface area contributed by atoms with E-state index in [9.17, 15) is 9.59 Å². The number of carbonyl (C=O) groups is 2. The zero-order valence-corrected chi connectivity index (χ0v) is 16.9. The molecule has 2 aromatic heterocycles. The number of rotatable bonds is 6. The number of nitrogens with one attached hydrogen (secondary N) is 2. The lowest BCUT2D eigenvalue weighted by Crippen LogP contribution is -2.41. The number of fused-ring (bicyclic) bond motifs is 1. The summed E-state index contributed by atoms with van der Waals surface area (Å²) >= 11 is 1.50. The SMILES string of the molecule is C[C@@H](NC(=O)c1ccco1)C(=O)Nc1nc2c(s1)CN(Cc1ccccc1)CC2. The van der Waals surface area contributed by atoms with Gasteiger partial charge in [0.15, 0.2) is 10.9 Å². The van der Waals surface area contributed by atoms with Gasteiger partial charge in [0.2, 0.25) is 5.91 Å². The van der Waals surface area contributed by atoms with Crippen LogP contribution < -0.4 is 10.6 Å². The van der Waals surface area contributed by atoms with Gasteiger partial charge >= 0.3 is 0 Å². The third kappa shape index (κ3) is 4.72. The Morgan fingerprint density at radius 3 is 2.83 bits per heavy atom. The van der Waals surface area contributed by atoms with Crippen molar-refractivity contribution in [3.8, 4) is 0 Å². The highest BCUT2D eigenvalue weighted by molar-refractivity contribution is 7.15. The largest absolute Gasteiger partial charge is 0.459 e. The van der Waals surface area contributed by atoms with E-state index >= 15 is 0 Å². The van der Waals surface area contributed by atoms with Crippen LogP contribution in [0.1, 0.15) is 33.6 Å². The predicted octanol–water partition coefficient (Wildman–Crippen LogP) is 3.05. The quantitative estimate of drug-likeness (QED) is 0.652. The number of thiazole rings is 1. The number of carbonyl (C=O) groups excluding carboxylic acids is 2. The molecule has 0 spiro atoms. The summed E-state index contributed by atoms with van der Waals surface area (Å²) in [5.41, 5.74) is 2.33. The summed E-state index contributed by atoms with van der Waals surface area (Å²) in [6, 6.07) is 12.9. The maximum Gasteiger partial charge on any atom is 0.287 e. The first-order valence-corrected chi connectivity index (χ1v) is 10.3. The molecular weight excluding hydrogens is 388 g/mol. The minimum Gasteiger partial charge on any atom is -0.459 e. The van der Waals surface area contributed by atoms with Crippen molar-refractivity contribution in [3.63, 3.8) is 0 Å². The van der Waals surface area contributed by atoms with Crippen LogP contribution in [0.2, 0.25) is 0 Å². The molecule has 2 N–H and O–H groups in total. The van der Waals surface area contributed by atoms with Crippen LogP contribution in [-0.2, 0) is 24.3 Å². The fourth-order valence-electron chi connectivity index (χ4n) is 3.23. The molecule has 1 aliphatic heterocycles. The fourth-order valence-corrected chi connectivity index (χ4v) is 4.29. The van der Waals surface area contributed by atoms with Gasteiger partial charge in [-0.2, -0.15) is 0 Å². The zero-order valence-electron chi connectivity index (χ0n) is 16.1. The molecule has 150 valence electrons. The molecule has 3 aromatic rings. The second kappa shape index (κ2) is 8.59. The summed E-state index contributed by atoms with van der Waals surface area (Å²) in [4.78, 5) is 32.6. The molecule has 3 heterocycles. The first-order chi connectivity index (χ1) is 14.1. The highest BCUT2D eigenvalue weighted by Gasteiger charge is 2.23. The molecule has 1 atom stereocenters. The third-order valence-corrected chi connectivity index (χ3v) is 5.77. The average molecular weight is 410 g/mol. The van der Waals surface area contributed by atoms with E-state index in [1.807, 2.05) is 6.07 Å². The molecule has 4 rings (SSSR count). The Balaban J connectivity index is 1.34. The summed E-state index contributed by atoms with van der Waals surface area (Å²) in [5.74, 6) is -0.558. The van der Waals surface area contributed by atoms with E-state index in [0.29, 0.717) is 5.13 Å². The predicted molar refractivity (Wildman–Crippen MR) is 111 cm³/mol. The molecule has 0 bridgehead atoms. The van der Waals surface area contributed by atoms with Crippen molar-refractivity contribution >= 4 is 28.3 Å². The van der Waals surface area contributed by atoms with Gasteiger partial charge in [-0.05, 0) is 24.6 Å². The lowest BCUT2D eigenvalue weighted by molar-refractivity contribution is -0.117. The highest BCUT2D eigenvalue weighted by atomic mass is 32.1. The van der Waals surface area contributed by atoms with Gasteiger partial charge in [-0.1, -0.05) is 30.3 Å². The molecule has 29 heavy (non-hydrogen) atoms. The molecule has 0 saturated heterocycles. The van der Waals surface area contributed by atoms with Crippen LogP contribution in [0, 0.1) is 0 Å².